The molecule has 0 atom stereocenters. The van der Waals surface area contributed by atoms with Gasteiger partial charge in [-0.2, -0.15) is 18.3 Å². The number of hydrogen-bond donors (Lipinski definition) is 1. The molecule has 6 nitrogen and oxygen atoms in total. The second kappa shape index (κ2) is 7.86. The zero-order valence-corrected chi connectivity index (χ0v) is 17.1. The minimum absolute atomic E-state index is 0.0217. The number of nitrogens with zero attached hydrogens (tertiary/aromatic N) is 5. The third-order valence-corrected chi connectivity index (χ3v) is 4.71. The minimum atomic E-state index is -4.61. The quantitative estimate of drug-likeness (QED) is 0.425. The highest BCUT2D eigenvalue weighted by Gasteiger charge is 2.34. The summed E-state index contributed by atoms with van der Waals surface area (Å²) in [6, 6.07) is 11.3. The van der Waals surface area contributed by atoms with Crippen molar-refractivity contribution in [1.82, 2.24) is 24.7 Å². The number of pyridine rings is 1. The Morgan fingerprint density at radius 3 is 2.50 bits per heavy atom. The van der Waals surface area contributed by atoms with Crippen LogP contribution in [0.15, 0.2) is 65.5 Å². The zero-order chi connectivity index (χ0) is 21.3. The van der Waals surface area contributed by atoms with Crippen LogP contribution in [0.5, 0.6) is 0 Å². The van der Waals surface area contributed by atoms with Gasteiger partial charge in [-0.15, -0.1) is 0 Å². The summed E-state index contributed by atoms with van der Waals surface area (Å²) in [5, 5.41) is 7.33. The monoisotopic (exact) mass is 474 g/mol. The third kappa shape index (κ3) is 4.33. The predicted molar refractivity (Wildman–Crippen MR) is 110 cm³/mol. The molecule has 3 heterocycles. The summed E-state index contributed by atoms with van der Waals surface area (Å²) in [6.45, 7) is 0. The van der Waals surface area contributed by atoms with E-state index in [0.29, 0.717) is 11.3 Å². The summed E-state index contributed by atoms with van der Waals surface area (Å²) in [7, 11) is 1.80. The molecular formula is C20H14BrF3N6. The lowest BCUT2D eigenvalue weighted by molar-refractivity contribution is -0.141. The number of aryl methyl sites for hydroxylation is 1. The highest BCUT2D eigenvalue weighted by molar-refractivity contribution is 9.10. The van der Waals surface area contributed by atoms with Gasteiger partial charge in [-0.25, -0.2) is 9.97 Å². The van der Waals surface area contributed by atoms with Crippen molar-refractivity contribution in [3.05, 3.63) is 71.2 Å². The van der Waals surface area contributed by atoms with Crippen LogP contribution < -0.4 is 5.32 Å². The number of halogens is 4. The molecule has 0 radical (unpaired) electrons. The average Bonchev–Trinajstić information content (AvgIpc) is 3.06. The number of alkyl halides is 3. The van der Waals surface area contributed by atoms with Crippen molar-refractivity contribution >= 4 is 27.4 Å². The fourth-order valence-electron chi connectivity index (χ4n) is 2.83. The smallest absolute Gasteiger partial charge is 0.340 e. The number of rotatable bonds is 4. The Morgan fingerprint density at radius 1 is 1.03 bits per heavy atom. The normalized spacial score (nSPS) is 11.5. The maximum absolute atomic E-state index is 13.4. The maximum atomic E-state index is 13.4. The molecule has 0 spiro atoms. The minimum Gasteiger partial charge on any atom is -0.340 e. The second-order valence-corrected chi connectivity index (χ2v) is 7.26. The van der Waals surface area contributed by atoms with E-state index in [-0.39, 0.29) is 11.6 Å². The Kier molecular flexibility index (Phi) is 5.25. The van der Waals surface area contributed by atoms with Gasteiger partial charge in [0, 0.05) is 48.5 Å². The van der Waals surface area contributed by atoms with E-state index >= 15 is 0 Å². The summed E-state index contributed by atoms with van der Waals surface area (Å²) >= 11 is 3.46. The first-order valence-electron chi connectivity index (χ1n) is 8.73. The van der Waals surface area contributed by atoms with Gasteiger partial charge in [-0.1, -0.05) is 12.1 Å². The van der Waals surface area contributed by atoms with Crippen LogP contribution in [0.4, 0.5) is 24.7 Å². The molecule has 0 aliphatic rings. The van der Waals surface area contributed by atoms with Crippen molar-refractivity contribution in [2.45, 2.75) is 6.18 Å². The van der Waals surface area contributed by atoms with E-state index in [0.717, 1.165) is 21.8 Å². The first kappa shape index (κ1) is 20.0. The molecule has 0 saturated carbocycles. The van der Waals surface area contributed by atoms with Crippen LogP contribution in [0.2, 0.25) is 0 Å². The molecule has 0 fully saturated rings. The van der Waals surface area contributed by atoms with Crippen LogP contribution in [-0.2, 0) is 13.2 Å². The first-order chi connectivity index (χ1) is 14.3. The average molecular weight is 475 g/mol. The van der Waals surface area contributed by atoms with Crippen LogP contribution in [0.25, 0.3) is 22.6 Å². The van der Waals surface area contributed by atoms with Crippen molar-refractivity contribution in [2.24, 2.45) is 7.05 Å². The molecule has 1 N–H and O–H groups in total. The third-order valence-electron chi connectivity index (χ3n) is 4.13. The van der Waals surface area contributed by atoms with Crippen molar-refractivity contribution in [1.29, 1.82) is 0 Å². The summed E-state index contributed by atoms with van der Waals surface area (Å²) in [6.07, 6.45) is 0.142. The van der Waals surface area contributed by atoms with E-state index in [4.69, 9.17) is 0 Å². The van der Waals surface area contributed by atoms with E-state index in [1.165, 1.54) is 12.4 Å². The molecular weight excluding hydrogens is 461 g/mol. The fourth-order valence-corrected chi connectivity index (χ4v) is 3.43. The molecule has 1 aromatic carbocycles. The number of anilines is 2. The molecule has 4 aromatic rings. The predicted octanol–water partition coefficient (Wildman–Crippen LogP) is 5.46. The van der Waals surface area contributed by atoms with E-state index in [1.807, 2.05) is 12.3 Å². The SMILES string of the molecule is Cn1cc(Br)c(-c2cccc(Nc3cc(C(F)(F)F)nc(-c4cccnc4)n3)c2)n1. The lowest BCUT2D eigenvalue weighted by Gasteiger charge is -2.12. The van der Waals surface area contributed by atoms with E-state index in [2.05, 4.69) is 41.3 Å². The van der Waals surface area contributed by atoms with Crippen LogP contribution in [0.1, 0.15) is 5.69 Å². The molecule has 0 bridgehead atoms. The van der Waals surface area contributed by atoms with Crippen molar-refractivity contribution in [2.75, 3.05) is 5.32 Å². The van der Waals surface area contributed by atoms with E-state index in [1.54, 1.807) is 42.1 Å². The summed E-state index contributed by atoms with van der Waals surface area (Å²) in [5.41, 5.74) is 1.43. The van der Waals surface area contributed by atoms with Crippen LogP contribution in [-0.4, -0.2) is 24.7 Å². The highest BCUT2D eigenvalue weighted by Crippen LogP contribution is 2.32. The number of benzene rings is 1. The van der Waals surface area contributed by atoms with E-state index in [9.17, 15) is 13.2 Å². The number of aromatic nitrogens is 5. The van der Waals surface area contributed by atoms with Crippen molar-refractivity contribution in [3.8, 4) is 22.6 Å². The van der Waals surface area contributed by atoms with Gasteiger partial charge >= 0.3 is 6.18 Å². The first-order valence-corrected chi connectivity index (χ1v) is 9.52. The lowest BCUT2D eigenvalue weighted by atomic mass is 10.1. The largest absolute Gasteiger partial charge is 0.433 e. The molecule has 0 unspecified atom stereocenters. The lowest BCUT2D eigenvalue weighted by Crippen LogP contribution is -2.11. The van der Waals surface area contributed by atoms with E-state index < -0.39 is 11.9 Å². The Labute approximate surface area is 178 Å². The Morgan fingerprint density at radius 2 is 1.83 bits per heavy atom. The van der Waals surface area contributed by atoms with Crippen LogP contribution in [0.3, 0.4) is 0 Å². The number of hydrogen-bond acceptors (Lipinski definition) is 5. The van der Waals surface area contributed by atoms with Gasteiger partial charge in [0.05, 0.1) is 4.47 Å². The number of nitrogens with one attached hydrogen (secondary N) is 1. The summed E-state index contributed by atoms with van der Waals surface area (Å²) < 4.78 is 42.6. The van der Waals surface area contributed by atoms with Gasteiger partial charge in [0.1, 0.15) is 11.5 Å². The Bertz CT molecular complexity index is 1190. The van der Waals surface area contributed by atoms with Gasteiger partial charge in [0.15, 0.2) is 11.5 Å². The molecule has 10 heteroatoms. The molecule has 4 rings (SSSR count). The Balaban J connectivity index is 1.73. The van der Waals surface area contributed by atoms with Crippen molar-refractivity contribution in [3.63, 3.8) is 0 Å². The van der Waals surface area contributed by atoms with Gasteiger partial charge in [0.25, 0.3) is 0 Å². The maximum Gasteiger partial charge on any atom is 0.433 e. The molecule has 0 amide bonds. The topological polar surface area (TPSA) is 68.5 Å². The molecule has 3 aromatic heterocycles. The van der Waals surface area contributed by atoms with Crippen molar-refractivity contribution < 1.29 is 13.2 Å². The molecule has 0 saturated heterocycles. The van der Waals surface area contributed by atoms with Gasteiger partial charge in [0.2, 0.25) is 0 Å². The standard InChI is InChI=1S/C20H14BrF3N6/c1-30-11-15(21)18(29-30)12-4-2-6-14(8-12)26-17-9-16(20(22,23)24)27-19(28-17)13-5-3-7-25-10-13/h2-11H,1H3,(H,26,27,28). The molecule has 152 valence electrons. The van der Waals surface area contributed by atoms with Crippen LogP contribution >= 0.6 is 15.9 Å². The zero-order valence-electron chi connectivity index (χ0n) is 15.5. The molecule has 30 heavy (non-hydrogen) atoms. The Hall–Kier alpha value is -3.27. The summed E-state index contributed by atoms with van der Waals surface area (Å²) in [5.74, 6) is -0.0440. The van der Waals surface area contributed by atoms with Gasteiger partial charge in [-0.3, -0.25) is 9.67 Å². The molecule has 0 aliphatic carbocycles. The van der Waals surface area contributed by atoms with Gasteiger partial charge < -0.3 is 5.32 Å². The van der Waals surface area contributed by atoms with Gasteiger partial charge in [-0.05, 0) is 40.2 Å². The second-order valence-electron chi connectivity index (χ2n) is 6.41. The summed E-state index contributed by atoms with van der Waals surface area (Å²) in [4.78, 5) is 11.8. The van der Waals surface area contributed by atoms with Crippen LogP contribution in [0, 0.1) is 0 Å². The fraction of sp³-hybridized carbons (Fsp3) is 0.100. The highest BCUT2D eigenvalue weighted by atomic mass is 79.9. The molecule has 0 aliphatic heterocycles.